The molecule has 3 aromatic rings. The third kappa shape index (κ3) is 3.77. The van der Waals surface area contributed by atoms with Crippen LogP contribution in [-0.4, -0.2) is 23.8 Å². The number of aromatic nitrogens is 1. The maximum atomic E-state index is 12.4. The van der Waals surface area contributed by atoms with Gasteiger partial charge < -0.3 is 4.74 Å². The van der Waals surface area contributed by atoms with Crippen LogP contribution in [0.2, 0.25) is 0 Å². The van der Waals surface area contributed by atoms with Gasteiger partial charge in [-0.2, -0.15) is 0 Å². The minimum absolute atomic E-state index is 0.337. The Bertz CT molecular complexity index is 953. The maximum Gasteiger partial charge on any atom is 0.318 e. The number of rotatable bonds is 4. The van der Waals surface area contributed by atoms with Crippen molar-refractivity contribution in [2.75, 3.05) is 7.11 Å². The Morgan fingerprint density at radius 3 is 2.72 bits per heavy atom. The van der Waals surface area contributed by atoms with E-state index in [9.17, 15) is 4.79 Å². The number of fused-ring (bicyclic) bond motifs is 1. The van der Waals surface area contributed by atoms with Crippen molar-refractivity contribution in [2.24, 2.45) is 4.99 Å². The van der Waals surface area contributed by atoms with Gasteiger partial charge in [0.25, 0.3) is 0 Å². The van der Waals surface area contributed by atoms with Gasteiger partial charge in [0.15, 0.2) is 0 Å². The van der Waals surface area contributed by atoms with Crippen LogP contribution < -0.4 is 0 Å². The Kier molecular flexibility index (Phi) is 5.24. The molecule has 25 heavy (non-hydrogen) atoms. The first-order chi connectivity index (χ1) is 12.1. The molecule has 0 aliphatic carbocycles. The zero-order valence-corrected chi connectivity index (χ0v) is 15.5. The summed E-state index contributed by atoms with van der Waals surface area (Å²) >= 11 is 3.51. The lowest BCUT2D eigenvalue weighted by Gasteiger charge is -2.16. The van der Waals surface area contributed by atoms with E-state index in [-0.39, 0.29) is 5.97 Å². The van der Waals surface area contributed by atoms with E-state index in [0.717, 1.165) is 26.6 Å². The van der Waals surface area contributed by atoms with E-state index in [4.69, 9.17) is 4.74 Å². The molecule has 0 fully saturated rings. The molecule has 1 atom stereocenters. The Labute approximate surface area is 154 Å². The topological polar surface area (TPSA) is 51.5 Å². The molecular weight excluding hydrogens is 380 g/mol. The van der Waals surface area contributed by atoms with Gasteiger partial charge in [-0.3, -0.25) is 14.8 Å². The third-order valence-corrected chi connectivity index (χ3v) is 4.69. The van der Waals surface area contributed by atoms with Gasteiger partial charge in [0.1, 0.15) is 5.92 Å². The summed E-state index contributed by atoms with van der Waals surface area (Å²) < 4.78 is 5.85. The first kappa shape index (κ1) is 17.3. The standard InChI is InChI=1S/C20H17BrN2O2/c1-13(19(20(24)25-2)16-7-3-4-8-17(16)21)23-15-9-10-18-14(12-15)6-5-11-22-18/h3-12,19H,1-2H3/b23-13+. The van der Waals surface area contributed by atoms with Crippen LogP contribution in [0.25, 0.3) is 10.9 Å². The van der Waals surface area contributed by atoms with Crippen molar-refractivity contribution in [1.82, 2.24) is 4.98 Å². The average Bonchev–Trinajstić information content (AvgIpc) is 2.63. The molecule has 0 spiro atoms. The minimum Gasteiger partial charge on any atom is -0.468 e. The molecule has 0 amide bonds. The molecule has 0 aliphatic rings. The Hall–Kier alpha value is -2.53. The van der Waals surface area contributed by atoms with Crippen LogP contribution in [0.15, 0.2) is 70.3 Å². The van der Waals surface area contributed by atoms with E-state index in [1.807, 2.05) is 61.5 Å². The van der Waals surface area contributed by atoms with E-state index in [1.165, 1.54) is 7.11 Å². The minimum atomic E-state index is -0.565. The van der Waals surface area contributed by atoms with Crippen molar-refractivity contribution >= 4 is 44.2 Å². The fourth-order valence-electron chi connectivity index (χ4n) is 2.75. The van der Waals surface area contributed by atoms with Crippen LogP contribution in [0.5, 0.6) is 0 Å². The predicted octanol–water partition coefficient (Wildman–Crippen LogP) is 5.05. The van der Waals surface area contributed by atoms with Crippen LogP contribution >= 0.6 is 15.9 Å². The fraction of sp³-hybridized carbons (Fsp3) is 0.150. The molecule has 126 valence electrons. The smallest absolute Gasteiger partial charge is 0.318 e. The molecule has 0 saturated heterocycles. The van der Waals surface area contributed by atoms with Crippen molar-refractivity contribution in [2.45, 2.75) is 12.8 Å². The van der Waals surface area contributed by atoms with Gasteiger partial charge >= 0.3 is 5.97 Å². The van der Waals surface area contributed by atoms with Crippen molar-refractivity contribution in [3.63, 3.8) is 0 Å². The molecule has 2 aromatic carbocycles. The van der Waals surface area contributed by atoms with Crippen molar-refractivity contribution in [3.8, 4) is 0 Å². The monoisotopic (exact) mass is 396 g/mol. The number of hydrogen-bond donors (Lipinski definition) is 0. The summed E-state index contributed by atoms with van der Waals surface area (Å²) in [6.45, 7) is 1.84. The molecule has 4 nitrogen and oxygen atoms in total. The quantitative estimate of drug-likeness (QED) is 0.458. The van der Waals surface area contributed by atoms with Crippen molar-refractivity contribution in [3.05, 3.63) is 70.8 Å². The summed E-state index contributed by atoms with van der Waals surface area (Å²) in [4.78, 5) is 21.3. The Morgan fingerprint density at radius 1 is 1.16 bits per heavy atom. The number of benzene rings is 2. The van der Waals surface area contributed by atoms with Gasteiger partial charge in [0.2, 0.25) is 0 Å². The number of ether oxygens (including phenoxy) is 1. The molecule has 1 unspecified atom stereocenters. The largest absolute Gasteiger partial charge is 0.468 e. The van der Waals surface area contributed by atoms with Crippen molar-refractivity contribution in [1.29, 1.82) is 0 Å². The van der Waals surface area contributed by atoms with Crippen LogP contribution in [0.1, 0.15) is 18.4 Å². The molecule has 1 heterocycles. The summed E-state index contributed by atoms with van der Waals surface area (Å²) in [6, 6.07) is 17.3. The van der Waals surface area contributed by atoms with Gasteiger partial charge in [-0.05, 0) is 42.8 Å². The molecule has 5 heteroatoms. The zero-order valence-electron chi connectivity index (χ0n) is 13.9. The fourth-order valence-corrected chi connectivity index (χ4v) is 3.26. The number of carbonyl (C=O) groups excluding carboxylic acids is 1. The highest BCUT2D eigenvalue weighted by Crippen LogP contribution is 2.29. The Balaban J connectivity index is 2.04. The van der Waals surface area contributed by atoms with Crippen LogP contribution in [0.3, 0.4) is 0 Å². The van der Waals surface area contributed by atoms with Crippen LogP contribution in [0.4, 0.5) is 5.69 Å². The summed E-state index contributed by atoms with van der Waals surface area (Å²) in [5.41, 5.74) is 3.19. The van der Waals surface area contributed by atoms with Gasteiger partial charge in [0, 0.05) is 21.8 Å². The molecule has 0 saturated carbocycles. The summed E-state index contributed by atoms with van der Waals surface area (Å²) in [5.74, 6) is -0.902. The number of halogens is 1. The maximum absolute atomic E-state index is 12.4. The van der Waals surface area contributed by atoms with E-state index >= 15 is 0 Å². The highest BCUT2D eigenvalue weighted by atomic mass is 79.9. The summed E-state index contributed by atoms with van der Waals surface area (Å²) in [5, 5.41) is 1.01. The number of methoxy groups -OCH3 is 1. The lowest BCUT2D eigenvalue weighted by atomic mass is 9.94. The molecule has 0 radical (unpaired) electrons. The van der Waals surface area contributed by atoms with Gasteiger partial charge in [0.05, 0.1) is 18.3 Å². The van der Waals surface area contributed by atoms with Crippen LogP contribution in [0, 0.1) is 0 Å². The first-order valence-electron chi connectivity index (χ1n) is 7.82. The van der Waals surface area contributed by atoms with Crippen LogP contribution in [-0.2, 0) is 9.53 Å². The number of pyridine rings is 1. The second kappa shape index (κ2) is 7.57. The second-order valence-corrected chi connectivity index (χ2v) is 6.47. The Morgan fingerprint density at radius 2 is 1.96 bits per heavy atom. The first-order valence-corrected chi connectivity index (χ1v) is 8.61. The van der Waals surface area contributed by atoms with E-state index in [0.29, 0.717) is 5.71 Å². The molecule has 0 N–H and O–H groups in total. The van der Waals surface area contributed by atoms with Crippen molar-refractivity contribution < 1.29 is 9.53 Å². The molecule has 0 aliphatic heterocycles. The highest BCUT2D eigenvalue weighted by Gasteiger charge is 2.26. The van der Waals surface area contributed by atoms with Gasteiger partial charge in [-0.1, -0.05) is 40.2 Å². The lowest BCUT2D eigenvalue weighted by molar-refractivity contribution is -0.140. The number of esters is 1. The molecule has 1 aromatic heterocycles. The van der Waals surface area contributed by atoms with Gasteiger partial charge in [-0.15, -0.1) is 0 Å². The number of aliphatic imine (C=N–C) groups is 1. The van der Waals surface area contributed by atoms with Gasteiger partial charge in [-0.25, -0.2) is 0 Å². The predicted molar refractivity (Wildman–Crippen MR) is 103 cm³/mol. The van der Waals surface area contributed by atoms with E-state index in [1.54, 1.807) is 6.20 Å². The second-order valence-electron chi connectivity index (χ2n) is 5.61. The molecule has 3 rings (SSSR count). The SMILES string of the molecule is COC(=O)C(/C(C)=N/c1ccc2ncccc2c1)c1ccccc1Br. The number of carbonyl (C=O) groups is 1. The number of hydrogen-bond acceptors (Lipinski definition) is 4. The lowest BCUT2D eigenvalue weighted by Crippen LogP contribution is -2.21. The molecular formula is C20H17BrN2O2. The summed E-state index contributed by atoms with van der Waals surface area (Å²) in [6.07, 6.45) is 1.76. The average molecular weight is 397 g/mol. The number of nitrogens with zero attached hydrogens (tertiary/aromatic N) is 2. The summed E-state index contributed by atoms with van der Waals surface area (Å²) in [7, 11) is 1.39. The third-order valence-electron chi connectivity index (χ3n) is 3.96. The highest BCUT2D eigenvalue weighted by molar-refractivity contribution is 9.10. The normalized spacial score (nSPS) is 12.8. The zero-order chi connectivity index (χ0) is 17.8. The molecule has 0 bridgehead atoms. The van der Waals surface area contributed by atoms with E-state index in [2.05, 4.69) is 25.9 Å². The van der Waals surface area contributed by atoms with E-state index < -0.39 is 5.92 Å².